The van der Waals surface area contributed by atoms with Crippen LogP contribution < -0.4 is 0 Å². The summed E-state index contributed by atoms with van der Waals surface area (Å²) < 4.78 is 52.2. The summed E-state index contributed by atoms with van der Waals surface area (Å²) in [5.41, 5.74) is 0.430. The zero-order valence-corrected chi connectivity index (χ0v) is 16.0. The number of aryl methyl sites for hydroxylation is 1. The van der Waals surface area contributed by atoms with E-state index in [0.717, 1.165) is 4.88 Å². The highest BCUT2D eigenvalue weighted by Crippen LogP contribution is 2.34. The molecule has 0 saturated heterocycles. The number of hydrogen-bond donors (Lipinski definition) is 0. The summed E-state index contributed by atoms with van der Waals surface area (Å²) in [6.07, 6.45) is -4.29. The van der Waals surface area contributed by atoms with Crippen LogP contribution in [0.2, 0.25) is 4.34 Å². The summed E-state index contributed by atoms with van der Waals surface area (Å²) in [5, 5.41) is 0. The molecule has 0 atom stereocenters. The largest absolute Gasteiger partial charge is 0.398 e. The van der Waals surface area contributed by atoms with Crippen LogP contribution in [-0.2, 0) is 0 Å². The summed E-state index contributed by atoms with van der Waals surface area (Å²) in [6.45, 7) is 1.57. The van der Waals surface area contributed by atoms with Crippen molar-refractivity contribution in [1.29, 1.82) is 0 Å². The Morgan fingerprint density at radius 1 is 1.28 bits per heavy atom. The average molecular weight is 411 g/mol. The predicted molar refractivity (Wildman–Crippen MR) is 97.1 cm³/mol. The Kier molecular flexibility index (Phi) is 6.40. The van der Waals surface area contributed by atoms with Crippen LogP contribution in [0.4, 0.5) is 23.2 Å². The normalized spacial score (nSPS) is 12.6. The molecule has 1 aromatic heterocycles. The van der Waals surface area contributed by atoms with Crippen molar-refractivity contribution >= 4 is 46.2 Å². The fraction of sp³-hybridized carbons (Fsp3) is 0.312. The maximum absolute atomic E-state index is 14.3. The highest BCUT2D eigenvalue weighted by molar-refractivity contribution is 7.99. The van der Waals surface area contributed by atoms with Gasteiger partial charge in [0.2, 0.25) is 0 Å². The van der Waals surface area contributed by atoms with Crippen molar-refractivity contribution in [1.82, 2.24) is 4.90 Å². The Hall–Kier alpha value is -1.25. The van der Waals surface area contributed by atoms with Crippen LogP contribution in [0, 0.1) is 12.7 Å². The highest BCUT2D eigenvalue weighted by Gasteiger charge is 2.27. The van der Waals surface area contributed by atoms with Crippen LogP contribution in [-0.4, -0.2) is 36.8 Å². The second kappa shape index (κ2) is 7.97. The van der Waals surface area contributed by atoms with Gasteiger partial charge in [-0.05, 0) is 36.8 Å². The first-order valence-corrected chi connectivity index (χ1v) is 9.26. The SMILES string of the molecule is Cc1cc(F)c(/N=C(\c2ccc(Cl)s2)N(C)C)cc1SCC(F)(F)F. The van der Waals surface area contributed by atoms with Crippen LogP contribution in [0.3, 0.4) is 0 Å². The minimum atomic E-state index is -4.29. The minimum Gasteiger partial charge on any atom is -0.362 e. The van der Waals surface area contributed by atoms with Crippen molar-refractivity contribution in [3.05, 3.63) is 44.9 Å². The number of alkyl halides is 3. The summed E-state index contributed by atoms with van der Waals surface area (Å²) in [4.78, 5) is 7.09. The third kappa shape index (κ3) is 5.62. The second-order valence-electron chi connectivity index (χ2n) is 5.41. The lowest BCUT2D eigenvalue weighted by molar-refractivity contribution is -0.105. The molecule has 2 rings (SSSR count). The van der Waals surface area contributed by atoms with Gasteiger partial charge in [-0.25, -0.2) is 9.38 Å². The lowest BCUT2D eigenvalue weighted by atomic mass is 10.2. The van der Waals surface area contributed by atoms with Gasteiger partial charge >= 0.3 is 6.18 Å². The number of aliphatic imine (C=N–C) groups is 1. The molecule has 0 fully saturated rings. The van der Waals surface area contributed by atoms with E-state index in [4.69, 9.17) is 11.6 Å². The fourth-order valence-corrected chi connectivity index (χ4v) is 3.88. The number of benzene rings is 1. The van der Waals surface area contributed by atoms with Crippen LogP contribution in [0.1, 0.15) is 10.4 Å². The molecule has 1 heterocycles. The Morgan fingerprint density at radius 3 is 2.48 bits per heavy atom. The minimum absolute atomic E-state index is 0.0107. The maximum atomic E-state index is 14.3. The number of rotatable bonds is 4. The number of amidine groups is 1. The smallest absolute Gasteiger partial charge is 0.362 e. The van der Waals surface area contributed by atoms with Crippen molar-refractivity contribution < 1.29 is 17.6 Å². The summed E-state index contributed by atoms with van der Waals surface area (Å²) in [5.74, 6) is -1.15. The van der Waals surface area contributed by atoms with Gasteiger partial charge in [-0.3, -0.25) is 0 Å². The zero-order chi connectivity index (χ0) is 18.8. The van der Waals surface area contributed by atoms with Gasteiger partial charge in [-0.15, -0.1) is 23.1 Å². The molecule has 136 valence electrons. The Bertz CT molecular complexity index is 785. The molecule has 0 bridgehead atoms. The summed E-state index contributed by atoms with van der Waals surface area (Å²) >= 11 is 7.84. The molecule has 1 aromatic carbocycles. The van der Waals surface area contributed by atoms with Gasteiger partial charge in [0.05, 0.1) is 15.0 Å². The fourth-order valence-electron chi connectivity index (χ4n) is 1.97. The molecule has 0 aliphatic carbocycles. The van der Waals surface area contributed by atoms with Crippen molar-refractivity contribution in [3.8, 4) is 0 Å². The molecule has 0 saturated carbocycles. The van der Waals surface area contributed by atoms with E-state index in [1.807, 2.05) is 0 Å². The number of thioether (sulfide) groups is 1. The molecule has 0 N–H and O–H groups in total. The van der Waals surface area contributed by atoms with Gasteiger partial charge in [0, 0.05) is 19.0 Å². The number of thiophene rings is 1. The van der Waals surface area contributed by atoms with Gasteiger partial charge in [0.25, 0.3) is 0 Å². The van der Waals surface area contributed by atoms with Gasteiger partial charge in [0.15, 0.2) is 0 Å². The van der Waals surface area contributed by atoms with Crippen molar-refractivity contribution in [2.24, 2.45) is 4.99 Å². The molecule has 0 spiro atoms. The van der Waals surface area contributed by atoms with E-state index in [1.54, 1.807) is 38.1 Å². The molecular formula is C16H15ClF4N2S2. The summed E-state index contributed by atoms with van der Waals surface area (Å²) in [7, 11) is 3.50. The van der Waals surface area contributed by atoms with Crippen LogP contribution in [0.25, 0.3) is 0 Å². The molecule has 25 heavy (non-hydrogen) atoms. The van der Waals surface area contributed by atoms with E-state index in [1.165, 1.54) is 23.5 Å². The van der Waals surface area contributed by atoms with Gasteiger partial charge in [-0.2, -0.15) is 13.2 Å². The lowest BCUT2D eigenvalue weighted by Gasteiger charge is -2.15. The number of nitrogens with zero attached hydrogens (tertiary/aromatic N) is 2. The Balaban J connectivity index is 2.42. The molecule has 2 aromatic rings. The first-order chi connectivity index (χ1) is 11.6. The van der Waals surface area contributed by atoms with E-state index < -0.39 is 17.7 Å². The number of hydrogen-bond acceptors (Lipinski definition) is 3. The topological polar surface area (TPSA) is 15.6 Å². The zero-order valence-electron chi connectivity index (χ0n) is 13.6. The molecule has 2 nitrogen and oxygen atoms in total. The Morgan fingerprint density at radius 2 is 1.96 bits per heavy atom. The van der Waals surface area contributed by atoms with Crippen LogP contribution in [0.5, 0.6) is 0 Å². The van der Waals surface area contributed by atoms with Gasteiger partial charge in [-0.1, -0.05) is 11.6 Å². The second-order valence-corrected chi connectivity index (χ2v) is 8.14. The van der Waals surface area contributed by atoms with Crippen molar-refractivity contribution in [2.75, 3.05) is 19.8 Å². The van der Waals surface area contributed by atoms with Crippen molar-refractivity contribution in [2.45, 2.75) is 18.0 Å². The highest BCUT2D eigenvalue weighted by atomic mass is 35.5. The predicted octanol–water partition coefficient (Wildman–Crippen LogP) is 6.14. The third-order valence-corrected chi connectivity index (χ3v) is 5.53. The monoisotopic (exact) mass is 410 g/mol. The van der Waals surface area contributed by atoms with E-state index in [2.05, 4.69) is 4.99 Å². The third-order valence-electron chi connectivity index (χ3n) is 3.08. The quantitative estimate of drug-likeness (QED) is 0.260. The van der Waals surface area contributed by atoms with E-state index >= 15 is 0 Å². The molecule has 0 aliphatic rings. The van der Waals surface area contributed by atoms with E-state index in [9.17, 15) is 17.6 Å². The lowest BCUT2D eigenvalue weighted by Crippen LogP contribution is -2.21. The molecule has 9 heteroatoms. The van der Waals surface area contributed by atoms with E-state index in [0.29, 0.717) is 32.4 Å². The van der Waals surface area contributed by atoms with Crippen molar-refractivity contribution in [3.63, 3.8) is 0 Å². The molecule has 0 radical (unpaired) electrons. The standard InChI is InChI=1S/C16H15ClF4N2S2/c1-9-6-10(18)11(7-13(9)24-8-16(19,20)21)22-15(23(2)3)12-4-5-14(17)25-12/h4-7H,8H2,1-3H3/b22-15+. The first kappa shape index (κ1) is 20.1. The average Bonchev–Trinajstić information content (AvgIpc) is 2.90. The maximum Gasteiger partial charge on any atom is 0.398 e. The van der Waals surface area contributed by atoms with Crippen LogP contribution >= 0.6 is 34.7 Å². The summed E-state index contributed by atoms with van der Waals surface area (Å²) in [6, 6.07) is 6.01. The van der Waals surface area contributed by atoms with Gasteiger partial charge in [0.1, 0.15) is 17.3 Å². The number of halogens is 5. The Labute approximate surface area is 156 Å². The van der Waals surface area contributed by atoms with Crippen LogP contribution in [0.15, 0.2) is 34.2 Å². The first-order valence-electron chi connectivity index (χ1n) is 7.08. The molecule has 0 unspecified atom stereocenters. The molecule has 0 amide bonds. The van der Waals surface area contributed by atoms with E-state index in [-0.39, 0.29) is 5.69 Å². The molecule has 0 aliphatic heterocycles. The van der Waals surface area contributed by atoms with Gasteiger partial charge < -0.3 is 4.90 Å². The molecular weight excluding hydrogens is 396 g/mol.